The number of carbonyl (C=O) groups excluding carboxylic acids is 1. The molecule has 5 N–H and O–H groups in total. The van der Waals surface area contributed by atoms with E-state index in [1.54, 1.807) is 17.9 Å². The highest BCUT2D eigenvalue weighted by Crippen LogP contribution is 2.21. The molecule has 0 bridgehead atoms. The van der Waals surface area contributed by atoms with E-state index in [1.807, 2.05) is 31.6 Å². The van der Waals surface area contributed by atoms with E-state index in [4.69, 9.17) is 10.8 Å². The molecule has 22 heavy (non-hydrogen) atoms. The van der Waals surface area contributed by atoms with Crippen molar-refractivity contribution >= 4 is 33.7 Å². The summed E-state index contributed by atoms with van der Waals surface area (Å²) < 4.78 is 3.10. The van der Waals surface area contributed by atoms with E-state index in [9.17, 15) is 9.59 Å². The van der Waals surface area contributed by atoms with Crippen LogP contribution < -0.4 is 15.8 Å². The fourth-order valence-corrected chi connectivity index (χ4v) is 3.32. The Morgan fingerprint density at radius 1 is 1.27 bits per heavy atom. The van der Waals surface area contributed by atoms with E-state index in [-0.39, 0.29) is 17.7 Å². The highest BCUT2D eigenvalue weighted by molar-refractivity contribution is 8.76. The average Bonchev–Trinajstić information content (AvgIpc) is 3.09. The van der Waals surface area contributed by atoms with E-state index >= 15 is 0 Å². The van der Waals surface area contributed by atoms with Crippen molar-refractivity contribution < 1.29 is 14.7 Å². The molecule has 0 spiro atoms. The van der Waals surface area contributed by atoms with Gasteiger partial charge in [0, 0.05) is 12.3 Å². The second kappa shape index (κ2) is 12.0. The summed E-state index contributed by atoms with van der Waals surface area (Å²) in [5, 5.41) is 11.6. The minimum atomic E-state index is -1.01. The first-order valence-electron chi connectivity index (χ1n) is 7.65. The standard InChI is InChI=1S/C12H24N2O3.C2H5NS2/c1-5-7(3)9(13)11(15)14-10(12(16)17)8(4)6-2;1-2-4-5-3-1/h7-10H,5-6,13H2,1-4H3,(H,14,15)(H,16,17);3H,1-2H2/t7-,8-,9-,10-;/m0./s1. The largest absolute Gasteiger partial charge is 0.480 e. The van der Waals surface area contributed by atoms with Crippen LogP contribution in [0.15, 0.2) is 0 Å². The summed E-state index contributed by atoms with van der Waals surface area (Å²) in [5.74, 6) is -0.192. The van der Waals surface area contributed by atoms with Gasteiger partial charge >= 0.3 is 5.97 Å². The van der Waals surface area contributed by atoms with Gasteiger partial charge in [-0.2, -0.15) is 0 Å². The molecule has 6 nitrogen and oxygen atoms in total. The van der Waals surface area contributed by atoms with Gasteiger partial charge in [0.25, 0.3) is 0 Å². The molecule has 0 unspecified atom stereocenters. The molecule has 130 valence electrons. The van der Waals surface area contributed by atoms with E-state index in [1.165, 1.54) is 12.3 Å². The van der Waals surface area contributed by atoms with Gasteiger partial charge in [-0.25, -0.2) is 4.79 Å². The predicted molar refractivity (Wildman–Crippen MR) is 94.5 cm³/mol. The topological polar surface area (TPSA) is 104 Å². The molecule has 0 aromatic heterocycles. The molecule has 0 aromatic rings. The highest BCUT2D eigenvalue weighted by atomic mass is 33.1. The Morgan fingerprint density at radius 2 is 1.86 bits per heavy atom. The number of hydrogen-bond donors (Lipinski definition) is 4. The minimum Gasteiger partial charge on any atom is -0.480 e. The van der Waals surface area contributed by atoms with Crippen molar-refractivity contribution in [1.82, 2.24) is 10.0 Å². The molecule has 1 heterocycles. The zero-order valence-electron chi connectivity index (χ0n) is 13.8. The van der Waals surface area contributed by atoms with E-state index in [0.717, 1.165) is 6.42 Å². The second-order valence-corrected chi connectivity index (χ2v) is 7.73. The highest BCUT2D eigenvalue weighted by Gasteiger charge is 2.28. The maximum atomic E-state index is 11.8. The zero-order chi connectivity index (χ0) is 17.1. The summed E-state index contributed by atoms with van der Waals surface area (Å²) in [6.07, 6.45) is 1.48. The lowest BCUT2D eigenvalue weighted by molar-refractivity contribution is -0.143. The van der Waals surface area contributed by atoms with Gasteiger partial charge in [0.15, 0.2) is 0 Å². The van der Waals surface area contributed by atoms with Crippen LogP contribution in [0.2, 0.25) is 0 Å². The van der Waals surface area contributed by atoms with Gasteiger partial charge in [0.2, 0.25) is 5.91 Å². The summed E-state index contributed by atoms with van der Waals surface area (Å²) in [4.78, 5) is 22.8. The maximum absolute atomic E-state index is 11.8. The first-order chi connectivity index (χ1) is 10.3. The fraction of sp³-hybridized carbons (Fsp3) is 0.857. The van der Waals surface area contributed by atoms with Crippen LogP contribution in [0.25, 0.3) is 0 Å². The molecule has 1 rings (SSSR count). The molecule has 1 saturated heterocycles. The summed E-state index contributed by atoms with van der Waals surface area (Å²) in [6, 6.07) is -1.51. The lowest BCUT2D eigenvalue weighted by Gasteiger charge is -2.24. The number of carbonyl (C=O) groups is 2. The molecular formula is C14H29N3O3S2. The Bertz CT molecular complexity index is 334. The summed E-state index contributed by atoms with van der Waals surface area (Å²) in [7, 11) is 3.62. The Labute approximate surface area is 141 Å². The van der Waals surface area contributed by atoms with Gasteiger partial charge in [-0.3, -0.25) is 9.52 Å². The molecule has 8 heteroatoms. The van der Waals surface area contributed by atoms with Gasteiger partial charge in [-0.05, 0) is 22.8 Å². The van der Waals surface area contributed by atoms with Gasteiger partial charge in [-0.1, -0.05) is 51.3 Å². The van der Waals surface area contributed by atoms with Gasteiger partial charge in [0.1, 0.15) is 6.04 Å². The third-order valence-electron chi connectivity index (χ3n) is 3.74. The normalized spacial score (nSPS) is 19.3. The Kier molecular flexibility index (Phi) is 11.8. The maximum Gasteiger partial charge on any atom is 0.326 e. The first-order valence-corrected chi connectivity index (χ1v) is 9.97. The molecule has 1 aliphatic rings. The van der Waals surface area contributed by atoms with Crippen molar-refractivity contribution in [3.8, 4) is 0 Å². The van der Waals surface area contributed by atoms with Crippen LogP contribution in [0.3, 0.4) is 0 Å². The molecule has 0 aromatic carbocycles. The molecule has 0 aliphatic carbocycles. The molecule has 1 amide bonds. The van der Waals surface area contributed by atoms with Crippen LogP contribution in [0.4, 0.5) is 0 Å². The number of carboxylic acid groups (broad SMARTS) is 1. The predicted octanol–water partition coefficient (Wildman–Crippen LogP) is 1.86. The number of hydrogen-bond acceptors (Lipinski definition) is 6. The van der Waals surface area contributed by atoms with Gasteiger partial charge in [0.05, 0.1) is 6.04 Å². The summed E-state index contributed by atoms with van der Waals surface area (Å²) in [6.45, 7) is 8.69. The van der Waals surface area contributed by atoms with Crippen molar-refractivity contribution in [2.75, 3.05) is 12.3 Å². The van der Waals surface area contributed by atoms with Gasteiger partial charge in [-0.15, -0.1) is 0 Å². The first kappa shape index (κ1) is 21.6. The van der Waals surface area contributed by atoms with E-state index in [0.29, 0.717) is 6.42 Å². The van der Waals surface area contributed by atoms with Crippen LogP contribution in [0.5, 0.6) is 0 Å². The molecule has 0 saturated carbocycles. The smallest absolute Gasteiger partial charge is 0.326 e. The monoisotopic (exact) mass is 351 g/mol. The Hall–Kier alpha value is -0.440. The van der Waals surface area contributed by atoms with Crippen LogP contribution in [-0.2, 0) is 9.59 Å². The number of nitrogens with one attached hydrogen (secondary N) is 2. The van der Waals surface area contributed by atoms with Crippen LogP contribution >= 0.6 is 21.8 Å². The Morgan fingerprint density at radius 3 is 2.18 bits per heavy atom. The lowest BCUT2D eigenvalue weighted by Crippen LogP contribution is -2.52. The third kappa shape index (κ3) is 8.26. The number of amides is 1. The fourth-order valence-electron chi connectivity index (χ4n) is 1.65. The zero-order valence-corrected chi connectivity index (χ0v) is 15.4. The van der Waals surface area contributed by atoms with Crippen LogP contribution in [-0.4, -0.2) is 41.4 Å². The molecule has 1 aliphatic heterocycles. The lowest BCUT2D eigenvalue weighted by atomic mass is 9.96. The molecular weight excluding hydrogens is 322 g/mol. The van der Waals surface area contributed by atoms with E-state index in [2.05, 4.69) is 10.0 Å². The number of carboxylic acids is 1. The molecule has 4 atom stereocenters. The van der Waals surface area contributed by atoms with Crippen LogP contribution in [0.1, 0.15) is 40.5 Å². The third-order valence-corrected chi connectivity index (χ3v) is 5.76. The van der Waals surface area contributed by atoms with Crippen molar-refractivity contribution in [3.05, 3.63) is 0 Å². The SMILES string of the molecule is C1CSSN1.CC[C@H](C)[C@H](N)C(=O)N[C@H](C(=O)O)[C@@H](C)CC. The van der Waals surface area contributed by atoms with Crippen LogP contribution in [0, 0.1) is 11.8 Å². The van der Waals surface area contributed by atoms with E-state index < -0.39 is 18.1 Å². The minimum absolute atomic E-state index is 0.0429. The second-order valence-electron chi connectivity index (χ2n) is 5.42. The molecule has 0 radical (unpaired) electrons. The average molecular weight is 352 g/mol. The number of nitrogens with two attached hydrogens (primary N) is 1. The molecule has 1 fully saturated rings. The quantitative estimate of drug-likeness (QED) is 0.410. The van der Waals surface area contributed by atoms with Gasteiger partial charge < -0.3 is 16.2 Å². The summed E-state index contributed by atoms with van der Waals surface area (Å²) >= 11 is 0. The van der Waals surface area contributed by atoms with Crippen molar-refractivity contribution in [1.29, 1.82) is 0 Å². The number of aliphatic carboxylic acids is 1. The number of rotatable bonds is 7. The van der Waals surface area contributed by atoms with Crippen molar-refractivity contribution in [2.45, 2.75) is 52.6 Å². The Balaban J connectivity index is 0.000000734. The van der Waals surface area contributed by atoms with Crippen molar-refractivity contribution in [3.63, 3.8) is 0 Å². The summed E-state index contributed by atoms with van der Waals surface area (Å²) in [5.41, 5.74) is 5.76. The van der Waals surface area contributed by atoms with Crippen molar-refractivity contribution in [2.24, 2.45) is 17.6 Å².